The number of hydrogen-bond acceptors (Lipinski definition) is 8. The minimum Gasteiger partial charge on any atom is -0.458 e. The molecule has 0 bridgehead atoms. The number of imidazole rings is 1. The van der Waals surface area contributed by atoms with E-state index in [1.165, 1.54) is 0 Å². The fourth-order valence-electron chi connectivity index (χ4n) is 6.25. The van der Waals surface area contributed by atoms with E-state index >= 15 is 0 Å². The number of para-hydroxylation sites is 3. The number of carbonyl (C=O) groups excluding carboxylic acids is 2. The lowest BCUT2D eigenvalue weighted by molar-refractivity contribution is -0.159. The third kappa shape index (κ3) is 8.05. The van der Waals surface area contributed by atoms with Crippen LogP contribution in [0.15, 0.2) is 59.5 Å². The molecular formula is C34H47N7O5. The predicted octanol–water partition coefficient (Wildman–Crippen LogP) is 2.88. The number of nitrogens with one attached hydrogen (secondary N) is 4. The predicted molar refractivity (Wildman–Crippen MR) is 178 cm³/mol. The summed E-state index contributed by atoms with van der Waals surface area (Å²) >= 11 is 0. The van der Waals surface area contributed by atoms with E-state index < -0.39 is 35.9 Å². The summed E-state index contributed by atoms with van der Waals surface area (Å²) in [6.07, 6.45) is 4.08. The van der Waals surface area contributed by atoms with Crippen molar-refractivity contribution in [1.29, 1.82) is 0 Å². The van der Waals surface area contributed by atoms with Crippen molar-refractivity contribution in [3.05, 3.63) is 70.8 Å². The molecule has 12 heteroatoms. The summed E-state index contributed by atoms with van der Waals surface area (Å²) < 4.78 is 7.44. The van der Waals surface area contributed by atoms with Gasteiger partial charge >= 0.3 is 11.7 Å². The first-order valence-corrected chi connectivity index (χ1v) is 16.2. The molecule has 1 amide bonds. The molecule has 1 saturated heterocycles. The number of esters is 1. The molecule has 4 aromatic rings. The lowest BCUT2D eigenvalue weighted by Gasteiger charge is -2.37. The summed E-state index contributed by atoms with van der Waals surface area (Å²) in [5.41, 5.74) is 8.36. The fraction of sp³-hybridized carbons (Fsp3) is 0.500. The Bertz CT molecular complexity index is 1680. The van der Waals surface area contributed by atoms with Crippen LogP contribution in [0, 0.1) is 0 Å². The normalized spacial score (nSPS) is 16.8. The molecule has 12 nitrogen and oxygen atoms in total. The highest BCUT2D eigenvalue weighted by molar-refractivity contribution is 5.89. The van der Waals surface area contributed by atoms with Crippen LogP contribution in [0.2, 0.25) is 0 Å². The molecule has 1 fully saturated rings. The number of fused-ring (bicyclic) bond motifs is 2. The van der Waals surface area contributed by atoms with Gasteiger partial charge in [-0.05, 0) is 89.6 Å². The molecule has 1 aliphatic heterocycles. The smallest absolute Gasteiger partial charge is 0.329 e. The van der Waals surface area contributed by atoms with Gasteiger partial charge in [0, 0.05) is 36.2 Å². The molecule has 1 aliphatic rings. The topological polar surface area (TPSA) is 170 Å². The van der Waals surface area contributed by atoms with E-state index in [0.29, 0.717) is 51.7 Å². The van der Waals surface area contributed by atoms with Crippen molar-refractivity contribution >= 4 is 33.8 Å². The third-order valence-corrected chi connectivity index (χ3v) is 8.55. The number of aliphatic hydroxyl groups excluding tert-OH is 1. The number of aromatic nitrogens is 3. The van der Waals surface area contributed by atoms with Gasteiger partial charge in [0.05, 0.1) is 17.1 Å². The summed E-state index contributed by atoms with van der Waals surface area (Å²) in [5, 5.41) is 18.4. The lowest BCUT2D eigenvalue weighted by atomic mass is 10.0. The number of aliphatic hydroxyl groups is 1. The Kier molecular flexibility index (Phi) is 10.6. The van der Waals surface area contributed by atoms with Crippen LogP contribution in [-0.2, 0) is 20.7 Å². The van der Waals surface area contributed by atoms with E-state index in [4.69, 9.17) is 10.5 Å². The number of piperidine rings is 1. The third-order valence-electron chi connectivity index (χ3n) is 8.55. The molecule has 3 heterocycles. The Morgan fingerprint density at radius 2 is 1.74 bits per heavy atom. The molecule has 0 radical (unpaired) electrons. The highest BCUT2D eigenvalue weighted by Crippen LogP contribution is 2.26. The van der Waals surface area contributed by atoms with Crippen molar-refractivity contribution in [2.45, 2.75) is 89.4 Å². The summed E-state index contributed by atoms with van der Waals surface area (Å²) in [6.45, 7) is 6.90. The number of benzene rings is 2. The molecule has 3 atom stereocenters. The summed E-state index contributed by atoms with van der Waals surface area (Å²) in [4.78, 5) is 47.9. The summed E-state index contributed by atoms with van der Waals surface area (Å²) in [7, 11) is 0. The Labute approximate surface area is 268 Å². The average molecular weight is 634 g/mol. The number of nitrogens with zero attached hydrogens (tertiary/aromatic N) is 2. The van der Waals surface area contributed by atoms with E-state index in [2.05, 4.69) is 20.6 Å². The second-order valence-electron chi connectivity index (χ2n) is 13.1. The first kappa shape index (κ1) is 33.4. The SMILES string of the molecule is CC(C)(C)OC(=O)[C@H](CCCCN)NC(=O)[C@@H](Cc1c[nH]c2ccccc12)NC(O)N1CCC(n2c(=O)[nH]c3ccccc32)CC1. The molecule has 5 rings (SSSR count). The van der Waals surface area contributed by atoms with E-state index in [-0.39, 0.29) is 18.2 Å². The number of hydrogen-bond donors (Lipinski definition) is 6. The van der Waals surface area contributed by atoms with E-state index in [0.717, 1.165) is 27.5 Å². The molecule has 248 valence electrons. The number of ether oxygens (including phenoxy) is 1. The van der Waals surface area contributed by atoms with Gasteiger partial charge in [0.15, 0.2) is 6.35 Å². The van der Waals surface area contributed by atoms with Crippen molar-refractivity contribution in [3.63, 3.8) is 0 Å². The monoisotopic (exact) mass is 633 g/mol. The second kappa shape index (κ2) is 14.6. The zero-order chi connectivity index (χ0) is 32.8. The number of aromatic amines is 2. The van der Waals surface area contributed by atoms with Gasteiger partial charge in [0.25, 0.3) is 0 Å². The number of rotatable bonds is 13. The van der Waals surface area contributed by atoms with Crippen molar-refractivity contribution in [2.24, 2.45) is 5.73 Å². The summed E-state index contributed by atoms with van der Waals surface area (Å²) in [6, 6.07) is 13.7. The molecular weight excluding hydrogens is 586 g/mol. The largest absolute Gasteiger partial charge is 0.458 e. The van der Waals surface area contributed by atoms with Crippen molar-refractivity contribution in [3.8, 4) is 0 Å². The first-order chi connectivity index (χ1) is 22.0. The number of unbranched alkanes of at least 4 members (excludes halogenated alkanes) is 1. The standard InChI is InChI=1S/C34H47N7O5/c1-34(2,3)46-31(43)27(13-8-9-17-35)37-30(42)28(20-22-21-36-25-11-5-4-10-24(22)25)39-32(44)40-18-15-23(16-19-40)41-29-14-7-6-12-26(29)38-33(41)45/h4-7,10-12,14,21,23,27-28,32,36,39,44H,8-9,13,15-20,35H2,1-3H3,(H,37,42)(H,38,45)/t27-,28+,32?/m0/s1. The van der Waals surface area contributed by atoms with Gasteiger partial charge in [0.2, 0.25) is 5.91 Å². The zero-order valence-electron chi connectivity index (χ0n) is 26.9. The van der Waals surface area contributed by atoms with Crippen molar-refractivity contribution in [1.82, 2.24) is 30.1 Å². The molecule has 7 N–H and O–H groups in total. The van der Waals surface area contributed by atoms with Crippen LogP contribution in [0.1, 0.15) is 64.5 Å². The maximum Gasteiger partial charge on any atom is 0.329 e. The van der Waals surface area contributed by atoms with E-state index in [9.17, 15) is 19.5 Å². The van der Waals surface area contributed by atoms with Gasteiger partial charge in [0.1, 0.15) is 11.6 Å². The van der Waals surface area contributed by atoms with Crippen molar-refractivity contribution < 1.29 is 19.4 Å². The van der Waals surface area contributed by atoms with Crippen LogP contribution in [0.4, 0.5) is 0 Å². The van der Waals surface area contributed by atoms with Gasteiger partial charge in [-0.1, -0.05) is 30.3 Å². The van der Waals surface area contributed by atoms with Gasteiger partial charge in [-0.15, -0.1) is 0 Å². The van der Waals surface area contributed by atoms with Crippen LogP contribution in [0.5, 0.6) is 0 Å². The molecule has 0 aliphatic carbocycles. The van der Waals surface area contributed by atoms with E-state index in [1.807, 2.05) is 59.6 Å². The number of H-pyrrole nitrogens is 2. The summed E-state index contributed by atoms with van der Waals surface area (Å²) in [5.74, 6) is -0.910. The van der Waals surface area contributed by atoms with Crippen LogP contribution < -0.4 is 22.1 Å². The van der Waals surface area contributed by atoms with Gasteiger partial charge in [-0.25, -0.2) is 9.59 Å². The molecule has 46 heavy (non-hydrogen) atoms. The highest BCUT2D eigenvalue weighted by Gasteiger charge is 2.33. The first-order valence-electron chi connectivity index (χ1n) is 16.2. The Morgan fingerprint density at radius 3 is 2.46 bits per heavy atom. The number of carbonyl (C=O) groups is 2. The zero-order valence-corrected chi connectivity index (χ0v) is 26.9. The molecule has 0 spiro atoms. The second-order valence-corrected chi connectivity index (χ2v) is 13.1. The number of amides is 1. The average Bonchev–Trinajstić information content (AvgIpc) is 3.59. The molecule has 0 saturated carbocycles. The molecule has 2 aromatic heterocycles. The van der Waals surface area contributed by atoms with Crippen LogP contribution >= 0.6 is 0 Å². The van der Waals surface area contributed by atoms with Gasteiger partial charge in [-0.2, -0.15) is 0 Å². The van der Waals surface area contributed by atoms with Crippen LogP contribution in [0.3, 0.4) is 0 Å². The lowest BCUT2D eigenvalue weighted by Crippen LogP contribution is -2.58. The van der Waals surface area contributed by atoms with Crippen LogP contribution in [-0.4, -0.2) is 80.1 Å². The number of nitrogens with two attached hydrogens (primary N) is 1. The van der Waals surface area contributed by atoms with Crippen LogP contribution in [0.25, 0.3) is 21.9 Å². The Balaban J connectivity index is 1.31. The fourth-order valence-corrected chi connectivity index (χ4v) is 6.25. The van der Waals surface area contributed by atoms with Crippen molar-refractivity contribution in [2.75, 3.05) is 19.6 Å². The van der Waals surface area contributed by atoms with Gasteiger partial charge < -0.3 is 30.9 Å². The molecule has 2 aromatic carbocycles. The Hall–Kier alpha value is -3.97. The number of likely N-dealkylation sites (tertiary alicyclic amines) is 1. The minimum absolute atomic E-state index is 0.0134. The van der Waals surface area contributed by atoms with Gasteiger partial charge in [-0.3, -0.25) is 19.6 Å². The minimum atomic E-state index is -1.13. The highest BCUT2D eigenvalue weighted by atomic mass is 16.6. The molecule has 1 unspecified atom stereocenters. The van der Waals surface area contributed by atoms with E-state index in [1.54, 1.807) is 25.3 Å². The maximum atomic E-state index is 13.9. The Morgan fingerprint density at radius 1 is 1.04 bits per heavy atom. The quantitative estimate of drug-likeness (QED) is 0.0742. The maximum absolute atomic E-state index is 13.9.